The van der Waals surface area contributed by atoms with Gasteiger partial charge in [-0.3, -0.25) is 4.98 Å². The van der Waals surface area contributed by atoms with Crippen LogP contribution in [0.3, 0.4) is 0 Å². The standard InChI is InChI=1S/C14H17N3O2S/c1-16-8-10-17(11-9-16)20(18,19)13-6-2-4-12-5-3-7-15-14(12)13/h2-7H,8-11H2,1H3. The zero-order chi connectivity index (χ0) is 14.2. The first-order valence-electron chi connectivity index (χ1n) is 6.61. The van der Waals surface area contributed by atoms with Gasteiger partial charge in [-0.15, -0.1) is 0 Å². The fourth-order valence-electron chi connectivity index (χ4n) is 2.45. The van der Waals surface area contributed by atoms with E-state index < -0.39 is 10.0 Å². The molecule has 1 aliphatic heterocycles. The van der Waals surface area contributed by atoms with Gasteiger partial charge in [0.1, 0.15) is 4.90 Å². The van der Waals surface area contributed by atoms with Crippen LogP contribution in [0.2, 0.25) is 0 Å². The van der Waals surface area contributed by atoms with E-state index in [9.17, 15) is 8.42 Å². The summed E-state index contributed by atoms with van der Waals surface area (Å²) in [5.74, 6) is 0. The SMILES string of the molecule is CN1CCN(S(=O)(=O)c2cccc3cccnc23)CC1. The van der Waals surface area contributed by atoms with Crippen molar-refractivity contribution in [2.75, 3.05) is 33.2 Å². The molecule has 0 amide bonds. The van der Waals surface area contributed by atoms with E-state index in [1.165, 1.54) is 0 Å². The molecule has 0 unspecified atom stereocenters. The highest BCUT2D eigenvalue weighted by molar-refractivity contribution is 7.89. The van der Waals surface area contributed by atoms with Gasteiger partial charge >= 0.3 is 0 Å². The molecule has 106 valence electrons. The van der Waals surface area contributed by atoms with Gasteiger partial charge in [-0.2, -0.15) is 4.31 Å². The minimum atomic E-state index is -3.47. The molecule has 0 N–H and O–H groups in total. The lowest BCUT2D eigenvalue weighted by atomic mass is 10.2. The van der Waals surface area contributed by atoms with Crippen LogP contribution in [0.25, 0.3) is 10.9 Å². The number of nitrogens with zero attached hydrogens (tertiary/aromatic N) is 3. The number of para-hydroxylation sites is 1. The molecule has 2 aromatic rings. The third kappa shape index (κ3) is 2.30. The molecule has 5 nitrogen and oxygen atoms in total. The Morgan fingerprint density at radius 3 is 2.50 bits per heavy atom. The summed E-state index contributed by atoms with van der Waals surface area (Å²) in [4.78, 5) is 6.68. The molecule has 0 spiro atoms. The second kappa shape index (κ2) is 5.12. The maximum atomic E-state index is 12.8. The molecule has 0 atom stereocenters. The van der Waals surface area contributed by atoms with E-state index in [4.69, 9.17) is 0 Å². The quantitative estimate of drug-likeness (QED) is 0.833. The van der Waals surface area contributed by atoms with E-state index in [2.05, 4.69) is 9.88 Å². The Labute approximate surface area is 118 Å². The van der Waals surface area contributed by atoms with Crippen LogP contribution in [-0.4, -0.2) is 55.8 Å². The zero-order valence-corrected chi connectivity index (χ0v) is 12.2. The lowest BCUT2D eigenvalue weighted by Crippen LogP contribution is -2.47. The van der Waals surface area contributed by atoms with E-state index in [1.807, 2.05) is 25.2 Å². The van der Waals surface area contributed by atoms with Crippen molar-refractivity contribution >= 4 is 20.9 Å². The smallest absolute Gasteiger partial charge is 0.245 e. The predicted molar refractivity (Wildman–Crippen MR) is 78.0 cm³/mol. The average Bonchev–Trinajstić information content (AvgIpc) is 2.47. The normalized spacial score (nSPS) is 18.4. The van der Waals surface area contributed by atoms with Crippen molar-refractivity contribution in [3.63, 3.8) is 0 Å². The van der Waals surface area contributed by atoms with E-state index in [-0.39, 0.29) is 0 Å². The van der Waals surface area contributed by atoms with Crippen LogP contribution in [0, 0.1) is 0 Å². The molecule has 6 heteroatoms. The number of hydrogen-bond donors (Lipinski definition) is 0. The van der Waals surface area contributed by atoms with Gasteiger partial charge in [0, 0.05) is 37.8 Å². The van der Waals surface area contributed by atoms with Crippen LogP contribution in [0.1, 0.15) is 0 Å². The van der Waals surface area contributed by atoms with Crippen LogP contribution < -0.4 is 0 Å². The highest BCUT2D eigenvalue weighted by atomic mass is 32.2. The molecular formula is C14H17N3O2S. The maximum Gasteiger partial charge on any atom is 0.245 e. The molecular weight excluding hydrogens is 274 g/mol. The highest BCUT2D eigenvalue weighted by Gasteiger charge is 2.29. The van der Waals surface area contributed by atoms with Crippen molar-refractivity contribution in [3.05, 3.63) is 36.5 Å². The van der Waals surface area contributed by atoms with Crippen molar-refractivity contribution in [1.29, 1.82) is 0 Å². The average molecular weight is 291 g/mol. The summed E-state index contributed by atoms with van der Waals surface area (Å²) in [5, 5.41) is 0.850. The number of fused-ring (bicyclic) bond motifs is 1. The van der Waals surface area contributed by atoms with E-state index in [0.717, 1.165) is 18.5 Å². The van der Waals surface area contributed by atoms with Gasteiger partial charge in [0.15, 0.2) is 0 Å². The first-order valence-corrected chi connectivity index (χ1v) is 8.05. The van der Waals surface area contributed by atoms with Gasteiger partial charge in [0.25, 0.3) is 0 Å². The van der Waals surface area contributed by atoms with Gasteiger partial charge in [0.05, 0.1) is 5.52 Å². The van der Waals surface area contributed by atoms with Gasteiger partial charge < -0.3 is 4.90 Å². The molecule has 1 aromatic heterocycles. The number of rotatable bonds is 2. The highest BCUT2D eigenvalue weighted by Crippen LogP contribution is 2.24. The van der Waals surface area contributed by atoms with Crippen molar-refractivity contribution < 1.29 is 8.42 Å². The lowest BCUT2D eigenvalue weighted by molar-refractivity contribution is 0.222. The fourth-order valence-corrected chi connectivity index (χ4v) is 4.04. The van der Waals surface area contributed by atoms with Crippen molar-refractivity contribution in [2.24, 2.45) is 0 Å². The molecule has 0 saturated carbocycles. The Kier molecular flexibility index (Phi) is 3.45. The van der Waals surface area contributed by atoms with E-state index in [0.29, 0.717) is 23.5 Å². The first-order chi connectivity index (χ1) is 9.59. The van der Waals surface area contributed by atoms with Crippen LogP contribution in [0.15, 0.2) is 41.4 Å². The van der Waals surface area contributed by atoms with Crippen molar-refractivity contribution in [2.45, 2.75) is 4.90 Å². The summed E-state index contributed by atoms with van der Waals surface area (Å²) < 4.78 is 27.1. The van der Waals surface area contributed by atoms with Gasteiger partial charge in [-0.05, 0) is 19.2 Å². The summed E-state index contributed by atoms with van der Waals surface area (Å²) in [6, 6.07) is 8.99. The van der Waals surface area contributed by atoms with Crippen molar-refractivity contribution in [1.82, 2.24) is 14.2 Å². The summed E-state index contributed by atoms with van der Waals surface area (Å²) >= 11 is 0. The molecule has 0 aliphatic carbocycles. The number of pyridine rings is 1. The van der Waals surface area contributed by atoms with Gasteiger partial charge in [0.2, 0.25) is 10.0 Å². The molecule has 0 bridgehead atoms. The van der Waals surface area contributed by atoms with Gasteiger partial charge in [-0.1, -0.05) is 18.2 Å². The zero-order valence-electron chi connectivity index (χ0n) is 11.4. The second-order valence-electron chi connectivity index (χ2n) is 5.04. The Morgan fingerprint density at radius 2 is 1.75 bits per heavy atom. The number of aromatic nitrogens is 1. The maximum absolute atomic E-state index is 12.8. The number of sulfonamides is 1. The van der Waals surface area contributed by atoms with E-state index in [1.54, 1.807) is 22.6 Å². The summed E-state index contributed by atoms with van der Waals surface area (Å²) in [6.07, 6.45) is 1.63. The van der Waals surface area contributed by atoms with E-state index >= 15 is 0 Å². The first kappa shape index (κ1) is 13.5. The minimum absolute atomic E-state index is 0.306. The Bertz CT molecular complexity index is 717. The predicted octanol–water partition coefficient (Wildman–Crippen LogP) is 1.17. The summed E-state index contributed by atoms with van der Waals surface area (Å²) in [7, 11) is -1.46. The molecule has 0 radical (unpaired) electrons. The Balaban J connectivity index is 2.05. The number of piperazine rings is 1. The Morgan fingerprint density at radius 1 is 1.05 bits per heavy atom. The summed E-state index contributed by atoms with van der Waals surface area (Å²) in [6.45, 7) is 2.58. The molecule has 1 aromatic carbocycles. The summed E-state index contributed by atoms with van der Waals surface area (Å²) in [5.41, 5.74) is 0.550. The fraction of sp³-hybridized carbons (Fsp3) is 0.357. The lowest BCUT2D eigenvalue weighted by Gasteiger charge is -2.31. The monoisotopic (exact) mass is 291 g/mol. The molecule has 1 fully saturated rings. The second-order valence-corrected chi connectivity index (χ2v) is 6.94. The van der Waals surface area contributed by atoms with Crippen LogP contribution in [0.5, 0.6) is 0 Å². The molecule has 20 heavy (non-hydrogen) atoms. The number of hydrogen-bond acceptors (Lipinski definition) is 4. The number of likely N-dealkylation sites (N-methyl/N-ethyl adjacent to an activating group) is 1. The topological polar surface area (TPSA) is 53.5 Å². The van der Waals surface area contributed by atoms with Gasteiger partial charge in [-0.25, -0.2) is 8.42 Å². The Hall–Kier alpha value is -1.50. The van der Waals surface area contributed by atoms with Crippen LogP contribution in [-0.2, 0) is 10.0 Å². The molecule has 3 rings (SSSR count). The van der Waals surface area contributed by atoms with Crippen molar-refractivity contribution in [3.8, 4) is 0 Å². The molecule has 1 saturated heterocycles. The van der Waals surface area contributed by atoms with Crippen LogP contribution in [0.4, 0.5) is 0 Å². The third-order valence-electron chi connectivity index (χ3n) is 3.68. The minimum Gasteiger partial charge on any atom is -0.304 e. The molecule has 2 heterocycles. The largest absolute Gasteiger partial charge is 0.304 e. The number of benzene rings is 1. The third-order valence-corrected chi connectivity index (χ3v) is 5.61. The molecule has 1 aliphatic rings. The van der Waals surface area contributed by atoms with Crippen LogP contribution >= 0.6 is 0 Å².